The van der Waals surface area contributed by atoms with Crippen LogP contribution in [0.1, 0.15) is 129 Å². The second-order valence-electron chi connectivity index (χ2n) is 31.4. The number of fused-ring (bicyclic) bond motifs is 7. The van der Waals surface area contributed by atoms with E-state index in [1.807, 2.05) is 69.4 Å². The van der Waals surface area contributed by atoms with Crippen LogP contribution in [-0.4, -0.2) is 276 Å². The molecule has 3 aromatic rings. The average Bonchev–Trinajstić information content (AvgIpc) is 1.61. The Balaban J connectivity index is 0.00000107. The van der Waals surface area contributed by atoms with E-state index >= 15 is 0 Å². The smallest absolute Gasteiger partial charge is 0.305 e. The van der Waals surface area contributed by atoms with Gasteiger partial charge in [-0.1, -0.05) is 121 Å². The molecule has 7 rings (SSSR count). The molecule has 4 aliphatic rings. The van der Waals surface area contributed by atoms with Crippen molar-refractivity contribution in [1.29, 1.82) is 0 Å². The number of benzene rings is 3. The zero-order valence-electron chi connectivity index (χ0n) is 74.1. The van der Waals surface area contributed by atoms with E-state index in [1.54, 1.807) is 42.5 Å². The number of hydrogen-bond acceptors (Lipinski definition) is 24. The lowest BCUT2D eigenvalue weighted by Crippen LogP contribution is -2.60. The van der Waals surface area contributed by atoms with Gasteiger partial charge in [0.25, 0.3) is 10.1 Å². The average molecular weight is 1870 g/mol. The number of nitrogens with zero attached hydrogens (tertiary/aromatic N) is 3. The predicted octanol–water partition coefficient (Wildman–Crippen LogP) is 1.76. The fourth-order valence-electron chi connectivity index (χ4n) is 14.1. The number of aliphatic imine (C=N–C) groups is 1. The van der Waals surface area contributed by atoms with E-state index in [9.17, 15) is 80.4 Å². The predicted molar refractivity (Wildman–Crippen MR) is 493 cm³/mol. The van der Waals surface area contributed by atoms with Gasteiger partial charge in [0, 0.05) is 111 Å². The summed E-state index contributed by atoms with van der Waals surface area (Å²) in [5.41, 5.74) is 21.8. The number of amides is 12. The summed E-state index contributed by atoms with van der Waals surface area (Å²) in [6, 6.07) is 11.3. The third kappa shape index (κ3) is 37.0. The molecule has 0 aliphatic carbocycles. The number of nitrogens with two attached hydrogens (primary N) is 3. The van der Waals surface area contributed by atoms with Crippen LogP contribution < -0.4 is 80.6 Å². The number of primary amides is 1. The molecule has 0 saturated carbocycles. The molecule has 2 fully saturated rings. The summed E-state index contributed by atoms with van der Waals surface area (Å²) in [5.74, 6) is -11.7. The number of carboxylic acids is 1. The van der Waals surface area contributed by atoms with Gasteiger partial charge >= 0.3 is 5.97 Å². The van der Waals surface area contributed by atoms with Gasteiger partial charge < -0.3 is 105 Å². The first kappa shape index (κ1) is 107. The van der Waals surface area contributed by atoms with E-state index in [0.29, 0.717) is 71.1 Å². The zero-order valence-corrected chi connectivity index (χ0v) is 77.3. The molecule has 0 unspecified atom stereocenters. The van der Waals surface area contributed by atoms with E-state index in [2.05, 4.69) is 112 Å². The highest BCUT2D eigenvalue weighted by atomic mass is 33.1. The molecule has 7 atom stereocenters. The molecule has 38 nitrogen and oxygen atoms in total. The number of guanidine groups is 1. The van der Waals surface area contributed by atoms with E-state index in [1.165, 1.54) is 18.7 Å². The highest BCUT2D eigenvalue weighted by Crippen LogP contribution is 2.48. The standard InChI is InChI=1S/C74H99N15O15S4.C13H26N2O6/c1-7-88-58-34-33-47(108(102,103)104)39-49(58)74(4,5)59(88)30-15-9-8-10-16-31-60-73(2,3)48-26-18-19-29-57(48)89(60)37-22-12-17-32-61(90)78-35-21-20-27-51-67(97)86-55-43-106-107-44-56(71(101)84-52(38-46-24-13-11-14-25-46)68(98)85-54(65(95)77-6)42-105-45-63(92)81-51)87-69(99)53(40-64(93)94)82-62(91)41-80-66(96)50(83-70(55)100)28-23-36-79-72(75)76;1-2-4-18-6-8-20-9-7-19-5-3-15-13(17)11-21-10-12(14)16/h8-11,13-16,18-19,24-26,29-31,33-34,39,50-56H,7,12,17,20-23,27-28,32,35-38,40-45H2,1-6H3,(H15-,75,76,77,78,79,80,81,82,83,84,85,86,87,90,91,92,93,94,95,96,97,98,99,100,101,102,103,104);2-11H2,1H3,(H2,14,16)(H,15,17)/p+1/t50-,51-,52-,53-,54-,55-,56-;/m0./s1. The third-order valence-electron chi connectivity index (χ3n) is 20.7. The minimum atomic E-state index is -4.37. The highest BCUT2D eigenvalue weighted by molar-refractivity contribution is 8.76. The second-order valence-corrected chi connectivity index (χ2v) is 36.4. The minimum absolute atomic E-state index is 0.00230. The fourth-order valence-corrected chi connectivity index (χ4v) is 17.8. The Labute approximate surface area is 765 Å². The second kappa shape index (κ2) is 56.0. The van der Waals surface area contributed by atoms with Crippen LogP contribution in [0.3, 0.4) is 0 Å². The zero-order chi connectivity index (χ0) is 94.5. The molecule has 129 heavy (non-hydrogen) atoms. The van der Waals surface area contributed by atoms with Crippen LogP contribution in [0, 0.1) is 0 Å². The Morgan fingerprint density at radius 2 is 1.22 bits per heavy atom. The van der Waals surface area contributed by atoms with Crippen LogP contribution in [0.5, 0.6) is 0 Å². The van der Waals surface area contributed by atoms with Gasteiger partial charge in [-0.15, -0.1) is 11.8 Å². The van der Waals surface area contributed by atoms with Crippen LogP contribution in [-0.2, 0) is 109 Å². The van der Waals surface area contributed by atoms with Crippen molar-refractivity contribution in [3.05, 3.63) is 138 Å². The summed E-state index contributed by atoms with van der Waals surface area (Å²) in [6.45, 7) is 16.5. The summed E-state index contributed by atoms with van der Waals surface area (Å²) in [6.07, 6.45) is 16.9. The highest BCUT2D eigenvalue weighted by Gasteiger charge is 2.45. The first-order valence-electron chi connectivity index (χ1n) is 42.8. The SMILES string of the molecule is CCCOCCOCCOCCNC(=O)COCC(N)=O.CCN1C(=CC=CC=CC=CC2=[N+](CCCCCC(=O)NCCCC[C@@H]3NC(=O)CSC[C@@H](C(=O)NC)NC(=O)[C@H](Cc4ccccc4)NC(=O)[C@@H]4CSSC[C@H](NC3=O)C(=O)N[C@@H](CCCN=C(N)N)C(=O)NCC(=O)N[C@@H](CC(=O)O)C(=O)N4)c3ccccc3C2(C)C)C(C)(C)c2cc(S(=O)(=O)O)ccc21. The van der Waals surface area contributed by atoms with Crippen molar-refractivity contribution >= 4 is 143 Å². The number of hydrogen-bond donors (Lipinski definition) is 16. The first-order valence-corrected chi connectivity index (χ1v) is 47.9. The van der Waals surface area contributed by atoms with Crippen LogP contribution in [0.2, 0.25) is 0 Å². The molecular formula is C87H126N17O21S4+. The summed E-state index contributed by atoms with van der Waals surface area (Å²) < 4.78 is 56.6. The van der Waals surface area contributed by atoms with Crippen molar-refractivity contribution in [2.45, 2.75) is 177 Å². The van der Waals surface area contributed by atoms with Gasteiger partial charge in [0.15, 0.2) is 11.7 Å². The number of carboxylic acid groups (broad SMARTS) is 1. The van der Waals surface area contributed by atoms with Crippen molar-refractivity contribution in [1.82, 2.24) is 58.5 Å². The van der Waals surface area contributed by atoms with Crippen molar-refractivity contribution in [3.63, 3.8) is 0 Å². The molecule has 4 aliphatic heterocycles. The lowest BCUT2D eigenvalue weighted by atomic mass is 9.81. The van der Waals surface area contributed by atoms with Crippen molar-refractivity contribution in [2.75, 3.05) is 127 Å². The van der Waals surface area contributed by atoms with E-state index in [-0.39, 0.29) is 116 Å². The number of ether oxygens (including phenoxy) is 4. The molecule has 12 amide bonds. The molecule has 2 saturated heterocycles. The van der Waals surface area contributed by atoms with Crippen molar-refractivity contribution in [2.24, 2.45) is 22.2 Å². The lowest BCUT2D eigenvalue weighted by molar-refractivity contribution is -0.438. The Morgan fingerprint density at radius 1 is 0.612 bits per heavy atom. The van der Waals surface area contributed by atoms with Crippen LogP contribution >= 0.6 is 33.3 Å². The van der Waals surface area contributed by atoms with Crippen LogP contribution in [0.15, 0.2) is 131 Å². The number of thioether (sulfide) groups is 1. The number of anilines is 1. The molecule has 42 heteroatoms. The molecular weight excluding hydrogens is 1750 g/mol. The molecule has 0 radical (unpaired) electrons. The summed E-state index contributed by atoms with van der Waals surface area (Å²) >= 11 is 0.948. The molecule has 0 spiro atoms. The van der Waals surface area contributed by atoms with Crippen molar-refractivity contribution in [3.8, 4) is 0 Å². The molecule has 0 aromatic heterocycles. The Bertz CT molecular complexity index is 4620. The Morgan fingerprint density at radius 3 is 1.88 bits per heavy atom. The van der Waals surface area contributed by atoms with E-state index < -0.39 is 136 Å². The maximum absolute atomic E-state index is 14.6. The number of allylic oxidation sites excluding steroid dienone is 8. The van der Waals surface area contributed by atoms with Gasteiger partial charge in [0.2, 0.25) is 76.6 Å². The van der Waals surface area contributed by atoms with Gasteiger partial charge in [-0.3, -0.25) is 71.9 Å². The first-order chi connectivity index (χ1) is 61.6. The quantitative estimate of drug-likeness (QED) is 0.00732. The van der Waals surface area contributed by atoms with Crippen LogP contribution in [0.4, 0.5) is 11.4 Å². The molecule has 3 aromatic carbocycles. The number of carbonyl (C=O) groups excluding carboxylic acids is 12. The number of unbranched alkanes of at least 4 members (excludes halogenated alkanes) is 3. The molecule has 2 bridgehead atoms. The Kier molecular flexibility index (Phi) is 46.5. The summed E-state index contributed by atoms with van der Waals surface area (Å²) in [7, 11) is -1.14. The number of nitrogens with one attached hydrogen (secondary N) is 11. The normalized spacial score (nSPS) is 20.5. The number of para-hydroxylation sites is 1. The van der Waals surface area contributed by atoms with E-state index in [4.69, 9.17) is 36.1 Å². The number of likely N-dealkylation sites (N-methyl/N-ethyl adjacent to an activating group) is 2. The minimum Gasteiger partial charge on any atom is -0.481 e. The third-order valence-corrected chi connectivity index (χ3v) is 25.0. The van der Waals surface area contributed by atoms with Gasteiger partial charge in [0.05, 0.1) is 62.1 Å². The van der Waals surface area contributed by atoms with Gasteiger partial charge in [0.1, 0.15) is 62.1 Å². The van der Waals surface area contributed by atoms with E-state index in [0.717, 1.165) is 87.6 Å². The number of aliphatic carboxylic acids is 1. The topological polar surface area (TPSA) is 562 Å². The maximum Gasteiger partial charge on any atom is 0.305 e. The number of carbonyl (C=O) groups is 13. The molecule has 4 heterocycles. The number of rotatable bonds is 41. The monoisotopic (exact) mass is 1870 g/mol. The van der Waals surface area contributed by atoms with Gasteiger partial charge in [-0.25, -0.2) is 0 Å². The Hall–Kier alpha value is -10.7. The van der Waals surface area contributed by atoms with Crippen molar-refractivity contribution < 1.29 is 104 Å². The van der Waals surface area contributed by atoms with Crippen LogP contribution in [0.25, 0.3) is 0 Å². The largest absolute Gasteiger partial charge is 0.481 e. The molecule has 708 valence electrons. The van der Waals surface area contributed by atoms with Gasteiger partial charge in [-0.05, 0) is 108 Å². The summed E-state index contributed by atoms with van der Waals surface area (Å²) in [4.78, 5) is 180. The lowest BCUT2D eigenvalue weighted by Gasteiger charge is -2.27. The van der Waals surface area contributed by atoms with Gasteiger partial charge in [-0.2, -0.15) is 13.0 Å². The fraction of sp³-hybridized carbons (Fsp3) is 0.529. The summed E-state index contributed by atoms with van der Waals surface area (Å²) in [5, 5.41) is 38.5. The molecule has 19 N–H and O–H groups in total. The maximum atomic E-state index is 14.6.